The molecule has 0 spiro atoms. The van der Waals surface area contributed by atoms with Gasteiger partial charge in [-0.3, -0.25) is 4.79 Å². The van der Waals surface area contributed by atoms with Gasteiger partial charge >= 0.3 is 5.97 Å². The Hall–Kier alpha value is -1.18. The molecule has 20 heavy (non-hydrogen) atoms. The number of thiazole rings is 1. The van der Waals surface area contributed by atoms with E-state index in [1.54, 1.807) is 26.2 Å². The molecule has 1 amide bonds. The lowest BCUT2D eigenvalue weighted by molar-refractivity contribution is -0.149. The molecular weight excluding hydrogens is 302 g/mol. The van der Waals surface area contributed by atoms with E-state index in [1.807, 2.05) is 0 Å². The van der Waals surface area contributed by atoms with Crippen LogP contribution in [0.15, 0.2) is 5.38 Å². The molecule has 0 aliphatic rings. The molecule has 0 aromatic carbocycles. The number of esters is 1. The molecule has 1 heterocycles. The molecule has 8 heteroatoms. The number of carbonyl (C=O) groups excluding carboxylic acids is 2. The third kappa shape index (κ3) is 5.07. The number of nitrogens with two attached hydrogens (primary N) is 1. The summed E-state index contributed by atoms with van der Waals surface area (Å²) in [4.78, 5) is 27.8. The molecule has 0 bridgehead atoms. The Labute approximate surface area is 128 Å². The summed E-state index contributed by atoms with van der Waals surface area (Å²) in [5, 5.41) is 5.07. The fourth-order valence-corrected chi connectivity index (χ4v) is 2.16. The van der Waals surface area contributed by atoms with Crippen LogP contribution in [0.5, 0.6) is 0 Å². The standard InChI is InChI=1S/C12H19N3O3S.ClH/c1-4-18-11(17)12(2,3)15-10(16)8-7-19-9(14-8)5-6-13;/h7H,4-6,13H2,1-3H3,(H,15,16);1H. The van der Waals surface area contributed by atoms with E-state index < -0.39 is 17.4 Å². The molecule has 0 fully saturated rings. The van der Waals surface area contributed by atoms with Gasteiger partial charge in [0.05, 0.1) is 11.6 Å². The third-order valence-electron chi connectivity index (χ3n) is 2.35. The van der Waals surface area contributed by atoms with E-state index in [4.69, 9.17) is 10.5 Å². The first kappa shape index (κ1) is 18.8. The average Bonchev–Trinajstić information content (AvgIpc) is 2.78. The van der Waals surface area contributed by atoms with Crippen LogP contribution in [-0.4, -0.2) is 35.6 Å². The van der Waals surface area contributed by atoms with E-state index in [2.05, 4.69) is 10.3 Å². The van der Waals surface area contributed by atoms with E-state index in [0.29, 0.717) is 18.7 Å². The first-order valence-electron chi connectivity index (χ1n) is 6.05. The van der Waals surface area contributed by atoms with Gasteiger partial charge in [0.25, 0.3) is 5.91 Å². The number of hydrogen-bond acceptors (Lipinski definition) is 6. The van der Waals surface area contributed by atoms with E-state index in [1.165, 1.54) is 11.3 Å². The summed E-state index contributed by atoms with van der Waals surface area (Å²) in [5.74, 6) is -0.863. The molecular formula is C12H20ClN3O3S. The van der Waals surface area contributed by atoms with Crippen LogP contribution in [0, 0.1) is 0 Å². The third-order valence-corrected chi connectivity index (χ3v) is 3.26. The summed E-state index contributed by atoms with van der Waals surface area (Å²) in [7, 11) is 0. The van der Waals surface area contributed by atoms with Crippen molar-refractivity contribution in [3.8, 4) is 0 Å². The Morgan fingerprint density at radius 2 is 2.15 bits per heavy atom. The zero-order valence-electron chi connectivity index (χ0n) is 11.8. The Morgan fingerprint density at radius 1 is 1.50 bits per heavy atom. The van der Waals surface area contributed by atoms with Crippen molar-refractivity contribution < 1.29 is 14.3 Å². The van der Waals surface area contributed by atoms with Crippen molar-refractivity contribution in [2.24, 2.45) is 5.73 Å². The zero-order chi connectivity index (χ0) is 14.5. The van der Waals surface area contributed by atoms with Gasteiger partial charge in [-0.1, -0.05) is 0 Å². The number of nitrogens with zero attached hydrogens (tertiary/aromatic N) is 1. The molecule has 1 aromatic rings. The number of hydrogen-bond donors (Lipinski definition) is 2. The fourth-order valence-electron chi connectivity index (χ4n) is 1.36. The van der Waals surface area contributed by atoms with E-state index >= 15 is 0 Å². The Balaban J connectivity index is 0.00000361. The largest absolute Gasteiger partial charge is 0.464 e. The van der Waals surface area contributed by atoms with Crippen molar-refractivity contribution in [2.75, 3.05) is 13.2 Å². The van der Waals surface area contributed by atoms with Gasteiger partial charge in [0.2, 0.25) is 0 Å². The highest BCUT2D eigenvalue weighted by atomic mass is 35.5. The highest BCUT2D eigenvalue weighted by Crippen LogP contribution is 2.12. The van der Waals surface area contributed by atoms with Crippen molar-refractivity contribution in [1.29, 1.82) is 0 Å². The monoisotopic (exact) mass is 321 g/mol. The van der Waals surface area contributed by atoms with Crippen molar-refractivity contribution in [3.63, 3.8) is 0 Å². The SMILES string of the molecule is CCOC(=O)C(C)(C)NC(=O)c1csc(CCN)n1.Cl. The van der Waals surface area contributed by atoms with Gasteiger partial charge in [-0.05, 0) is 27.3 Å². The highest BCUT2D eigenvalue weighted by molar-refractivity contribution is 7.09. The lowest BCUT2D eigenvalue weighted by Crippen LogP contribution is -2.50. The summed E-state index contributed by atoms with van der Waals surface area (Å²) >= 11 is 1.38. The topological polar surface area (TPSA) is 94.3 Å². The van der Waals surface area contributed by atoms with Crippen LogP contribution in [0.1, 0.15) is 36.3 Å². The second kappa shape index (κ2) is 8.18. The molecule has 1 rings (SSSR count). The van der Waals surface area contributed by atoms with Crippen LogP contribution >= 0.6 is 23.7 Å². The van der Waals surface area contributed by atoms with E-state index in [0.717, 1.165) is 5.01 Å². The molecule has 0 saturated heterocycles. The molecule has 6 nitrogen and oxygen atoms in total. The van der Waals surface area contributed by atoms with Crippen molar-refractivity contribution in [1.82, 2.24) is 10.3 Å². The minimum atomic E-state index is -1.08. The highest BCUT2D eigenvalue weighted by Gasteiger charge is 2.31. The van der Waals surface area contributed by atoms with Crippen molar-refractivity contribution >= 4 is 35.6 Å². The fraction of sp³-hybridized carbons (Fsp3) is 0.583. The van der Waals surface area contributed by atoms with Gasteiger partial charge < -0.3 is 15.8 Å². The van der Waals surface area contributed by atoms with Crippen LogP contribution in [0.3, 0.4) is 0 Å². The maximum absolute atomic E-state index is 12.0. The number of nitrogens with one attached hydrogen (secondary N) is 1. The van der Waals surface area contributed by atoms with Gasteiger partial charge in [-0.15, -0.1) is 23.7 Å². The Kier molecular flexibility index (Phi) is 7.70. The number of aromatic nitrogens is 1. The van der Waals surface area contributed by atoms with Crippen LogP contribution in [0.2, 0.25) is 0 Å². The number of amides is 1. The summed E-state index contributed by atoms with van der Waals surface area (Å²) in [6.07, 6.45) is 0.638. The molecule has 0 unspecified atom stereocenters. The predicted molar refractivity (Wildman–Crippen MR) is 80.3 cm³/mol. The normalized spacial score (nSPS) is 10.6. The van der Waals surface area contributed by atoms with Gasteiger partial charge in [-0.2, -0.15) is 0 Å². The summed E-state index contributed by atoms with van der Waals surface area (Å²) < 4.78 is 4.90. The number of halogens is 1. The van der Waals surface area contributed by atoms with Crippen molar-refractivity contribution in [2.45, 2.75) is 32.7 Å². The quantitative estimate of drug-likeness (QED) is 0.766. The molecule has 0 aliphatic heterocycles. The number of carbonyl (C=O) groups is 2. The Bertz CT molecular complexity index is 463. The molecule has 0 atom stereocenters. The van der Waals surface area contributed by atoms with Gasteiger partial charge in [0.15, 0.2) is 0 Å². The van der Waals surface area contributed by atoms with Gasteiger partial charge in [-0.25, -0.2) is 9.78 Å². The zero-order valence-corrected chi connectivity index (χ0v) is 13.4. The maximum atomic E-state index is 12.0. The number of rotatable bonds is 6. The lowest BCUT2D eigenvalue weighted by Gasteiger charge is -2.23. The Morgan fingerprint density at radius 3 is 2.70 bits per heavy atom. The molecule has 1 aromatic heterocycles. The second-order valence-corrected chi connectivity index (χ2v) is 5.41. The molecule has 0 aliphatic carbocycles. The smallest absolute Gasteiger partial charge is 0.331 e. The lowest BCUT2D eigenvalue weighted by atomic mass is 10.1. The van der Waals surface area contributed by atoms with Gasteiger partial charge in [0.1, 0.15) is 11.2 Å². The number of ether oxygens (including phenoxy) is 1. The van der Waals surface area contributed by atoms with Crippen LogP contribution in [0.25, 0.3) is 0 Å². The van der Waals surface area contributed by atoms with Gasteiger partial charge in [0, 0.05) is 11.8 Å². The van der Waals surface area contributed by atoms with Crippen LogP contribution < -0.4 is 11.1 Å². The second-order valence-electron chi connectivity index (χ2n) is 4.46. The minimum absolute atomic E-state index is 0. The summed E-state index contributed by atoms with van der Waals surface area (Å²) in [5.41, 5.74) is 4.64. The maximum Gasteiger partial charge on any atom is 0.331 e. The molecule has 114 valence electrons. The molecule has 3 N–H and O–H groups in total. The first-order chi connectivity index (χ1) is 8.90. The molecule has 0 saturated carbocycles. The van der Waals surface area contributed by atoms with E-state index in [-0.39, 0.29) is 19.0 Å². The molecule has 0 radical (unpaired) electrons. The minimum Gasteiger partial charge on any atom is -0.464 e. The van der Waals surface area contributed by atoms with E-state index in [9.17, 15) is 9.59 Å². The van der Waals surface area contributed by atoms with Crippen LogP contribution in [0.4, 0.5) is 0 Å². The predicted octanol–water partition coefficient (Wildman–Crippen LogP) is 1.14. The summed E-state index contributed by atoms with van der Waals surface area (Å²) in [6.45, 7) is 5.67. The van der Waals surface area contributed by atoms with Crippen LogP contribution in [-0.2, 0) is 16.0 Å². The first-order valence-corrected chi connectivity index (χ1v) is 6.93. The average molecular weight is 322 g/mol. The summed E-state index contributed by atoms with van der Waals surface area (Å²) in [6, 6.07) is 0. The van der Waals surface area contributed by atoms with Crippen molar-refractivity contribution in [3.05, 3.63) is 16.1 Å².